The van der Waals surface area contributed by atoms with Gasteiger partial charge in [0.1, 0.15) is 0 Å². The van der Waals surface area contributed by atoms with Crippen LogP contribution in [0.4, 0.5) is 0 Å². The van der Waals surface area contributed by atoms with E-state index in [4.69, 9.17) is 6.42 Å². The molecular formula is C9H17NO2S. The molecule has 0 radical (unpaired) electrons. The fourth-order valence-corrected chi connectivity index (χ4v) is 2.09. The quantitative estimate of drug-likeness (QED) is 0.498. The highest BCUT2D eigenvalue weighted by molar-refractivity contribution is 7.89. The Morgan fingerprint density at radius 2 is 2.08 bits per heavy atom. The Bertz CT molecular complexity index is 251. The Morgan fingerprint density at radius 1 is 1.38 bits per heavy atom. The summed E-state index contributed by atoms with van der Waals surface area (Å²) in [5, 5.41) is 0. The van der Waals surface area contributed by atoms with Crippen molar-refractivity contribution in [2.75, 3.05) is 12.3 Å². The van der Waals surface area contributed by atoms with Crippen molar-refractivity contribution in [3.05, 3.63) is 0 Å². The lowest BCUT2D eigenvalue weighted by Gasteiger charge is -2.03. The van der Waals surface area contributed by atoms with E-state index in [1.807, 2.05) is 6.92 Å². The molecule has 0 aliphatic heterocycles. The zero-order chi connectivity index (χ0) is 10.2. The molecule has 0 saturated carbocycles. The number of rotatable bonds is 7. The predicted molar refractivity (Wildman–Crippen MR) is 54.8 cm³/mol. The molecular weight excluding hydrogens is 186 g/mol. The van der Waals surface area contributed by atoms with Crippen molar-refractivity contribution in [2.24, 2.45) is 0 Å². The van der Waals surface area contributed by atoms with Gasteiger partial charge in [0, 0.05) is 13.0 Å². The molecule has 0 fully saturated rings. The van der Waals surface area contributed by atoms with Crippen molar-refractivity contribution < 1.29 is 8.42 Å². The molecule has 0 amide bonds. The molecule has 0 aliphatic rings. The Labute approximate surface area is 81.0 Å². The maximum absolute atomic E-state index is 11.2. The minimum Gasteiger partial charge on any atom is -0.215 e. The zero-order valence-electron chi connectivity index (χ0n) is 8.04. The molecule has 0 aromatic heterocycles. The van der Waals surface area contributed by atoms with Gasteiger partial charge in [0.2, 0.25) is 10.0 Å². The molecule has 0 aromatic rings. The van der Waals surface area contributed by atoms with E-state index >= 15 is 0 Å². The second-order valence-corrected chi connectivity index (χ2v) is 4.80. The lowest BCUT2D eigenvalue weighted by Crippen LogP contribution is -2.27. The third-order valence-electron chi connectivity index (χ3n) is 1.59. The van der Waals surface area contributed by atoms with E-state index in [2.05, 4.69) is 10.6 Å². The fraction of sp³-hybridized carbons (Fsp3) is 0.778. The maximum atomic E-state index is 11.2. The maximum Gasteiger partial charge on any atom is 0.211 e. The van der Waals surface area contributed by atoms with Crippen molar-refractivity contribution in [1.29, 1.82) is 0 Å². The van der Waals surface area contributed by atoms with Gasteiger partial charge in [0.15, 0.2) is 0 Å². The third kappa shape index (κ3) is 7.82. The first-order valence-corrected chi connectivity index (χ1v) is 6.18. The van der Waals surface area contributed by atoms with Crippen molar-refractivity contribution in [3.8, 4) is 12.3 Å². The van der Waals surface area contributed by atoms with Crippen LogP contribution in [0.5, 0.6) is 0 Å². The summed E-state index contributed by atoms with van der Waals surface area (Å²) in [5.74, 6) is 2.68. The highest BCUT2D eigenvalue weighted by Crippen LogP contribution is 1.94. The van der Waals surface area contributed by atoms with Gasteiger partial charge in [0.05, 0.1) is 5.75 Å². The van der Waals surface area contributed by atoms with Crippen LogP contribution in [0.3, 0.4) is 0 Å². The lowest BCUT2D eigenvalue weighted by atomic mass is 10.3. The molecule has 0 unspecified atom stereocenters. The first-order valence-electron chi connectivity index (χ1n) is 4.53. The molecule has 3 nitrogen and oxygen atoms in total. The number of nitrogens with one attached hydrogen (secondary N) is 1. The van der Waals surface area contributed by atoms with Gasteiger partial charge in [-0.1, -0.05) is 13.3 Å². The van der Waals surface area contributed by atoms with Gasteiger partial charge in [-0.2, -0.15) is 0 Å². The Hall–Kier alpha value is -0.530. The van der Waals surface area contributed by atoms with E-state index in [1.165, 1.54) is 0 Å². The number of unbranched alkanes of at least 4 members (excludes halogenated alkanes) is 2. The molecule has 0 saturated heterocycles. The summed E-state index contributed by atoms with van der Waals surface area (Å²) in [6.45, 7) is 2.42. The van der Waals surface area contributed by atoms with E-state index in [0.29, 0.717) is 25.8 Å². The second-order valence-electron chi connectivity index (χ2n) is 2.87. The van der Waals surface area contributed by atoms with E-state index < -0.39 is 10.0 Å². The molecule has 0 bridgehead atoms. The third-order valence-corrected chi connectivity index (χ3v) is 3.06. The Balaban J connectivity index is 3.59. The number of hydrogen-bond acceptors (Lipinski definition) is 2. The van der Waals surface area contributed by atoms with E-state index in [-0.39, 0.29) is 5.75 Å². The van der Waals surface area contributed by atoms with Gasteiger partial charge in [-0.25, -0.2) is 13.1 Å². The lowest BCUT2D eigenvalue weighted by molar-refractivity contribution is 0.576. The molecule has 13 heavy (non-hydrogen) atoms. The molecule has 4 heteroatoms. The summed E-state index contributed by atoms with van der Waals surface area (Å²) in [5.41, 5.74) is 0. The minimum atomic E-state index is -3.04. The first kappa shape index (κ1) is 12.5. The minimum absolute atomic E-state index is 0.222. The largest absolute Gasteiger partial charge is 0.215 e. The smallest absolute Gasteiger partial charge is 0.211 e. The summed E-state index contributed by atoms with van der Waals surface area (Å²) in [6.07, 6.45) is 7.97. The zero-order valence-corrected chi connectivity index (χ0v) is 8.86. The summed E-state index contributed by atoms with van der Waals surface area (Å²) in [6, 6.07) is 0. The molecule has 0 aromatic carbocycles. The topological polar surface area (TPSA) is 46.2 Å². The summed E-state index contributed by atoms with van der Waals surface area (Å²) >= 11 is 0. The molecule has 0 spiro atoms. The molecule has 0 heterocycles. The molecule has 0 atom stereocenters. The Morgan fingerprint density at radius 3 is 2.62 bits per heavy atom. The van der Waals surface area contributed by atoms with Crippen LogP contribution in [-0.2, 0) is 10.0 Å². The number of sulfonamides is 1. The fourth-order valence-electron chi connectivity index (χ4n) is 0.825. The van der Waals surface area contributed by atoms with Crippen LogP contribution >= 0.6 is 0 Å². The van der Waals surface area contributed by atoms with Crippen LogP contribution in [0.2, 0.25) is 0 Å². The average molecular weight is 203 g/mol. The van der Waals surface area contributed by atoms with Crippen LogP contribution < -0.4 is 4.72 Å². The van der Waals surface area contributed by atoms with Gasteiger partial charge in [-0.05, 0) is 12.8 Å². The van der Waals surface area contributed by atoms with Gasteiger partial charge in [-0.3, -0.25) is 0 Å². The second kappa shape index (κ2) is 6.93. The Kier molecular flexibility index (Phi) is 6.65. The van der Waals surface area contributed by atoms with Gasteiger partial charge in [-0.15, -0.1) is 12.3 Å². The van der Waals surface area contributed by atoms with Crippen LogP contribution in [-0.4, -0.2) is 20.7 Å². The van der Waals surface area contributed by atoms with Crippen molar-refractivity contribution in [1.82, 2.24) is 4.72 Å². The SMILES string of the molecule is C#CCCCNS(=O)(=O)CCCC. The monoisotopic (exact) mass is 203 g/mol. The number of terminal acetylenes is 1. The molecule has 0 rings (SSSR count). The van der Waals surface area contributed by atoms with Crippen LogP contribution in [0.25, 0.3) is 0 Å². The van der Waals surface area contributed by atoms with Gasteiger partial charge >= 0.3 is 0 Å². The number of hydrogen-bond donors (Lipinski definition) is 1. The van der Waals surface area contributed by atoms with E-state index in [1.54, 1.807) is 0 Å². The standard InChI is InChI=1S/C9H17NO2S/c1-3-5-7-8-10-13(11,12)9-6-4-2/h1,10H,4-9H2,2H3. The highest BCUT2D eigenvalue weighted by atomic mass is 32.2. The van der Waals surface area contributed by atoms with Gasteiger partial charge < -0.3 is 0 Å². The summed E-state index contributed by atoms with van der Waals surface area (Å²) < 4.78 is 24.9. The average Bonchev–Trinajstić information content (AvgIpc) is 2.09. The first-order chi connectivity index (χ1) is 6.12. The molecule has 76 valence electrons. The summed E-state index contributed by atoms with van der Waals surface area (Å²) in [7, 11) is -3.04. The predicted octanol–water partition coefficient (Wildman–Crippen LogP) is 1.12. The van der Waals surface area contributed by atoms with Crippen LogP contribution in [0.1, 0.15) is 32.6 Å². The van der Waals surface area contributed by atoms with E-state index in [9.17, 15) is 8.42 Å². The van der Waals surface area contributed by atoms with Crippen LogP contribution in [0.15, 0.2) is 0 Å². The van der Waals surface area contributed by atoms with Gasteiger partial charge in [0.25, 0.3) is 0 Å². The van der Waals surface area contributed by atoms with Crippen LogP contribution in [0, 0.1) is 12.3 Å². The highest BCUT2D eigenvalue weighted by Gasteiger charge is 2.06. The van der Waals surface area contributed by atoms with Crippen molar-refractivity contribution in [2.45, 2.75) is 32.6 Å². The van der Waals surface area contributed by atoms with Crippen molar-refractivity contribution >= 4 is 10.0 Å². The molecule has 1 N–H and O–H groups in total. The van der Waals surface area contributed by atoms with Crippen molar-refractivity contribution in [3.63, 3.8) is 0 Å². The normalized spacial score (nSPS) is 11.1. The van der Waals surface area contributed by atoms with E-state index in [0.717, 1.165) is 6.42 Å². The summed E-state index contributed by atoms with van der Waals surface area (Å²) in [4.78, 5) is 0. The molecule has 0 aliphatic carbocycles.